The molecule has 2 aliphatic heterocycles. The second-order valence-electron chi connectivity index (χ2n) is 19.9. The number of aromatic nitrogens is 1. The number of guanidine groups is 1. The van der Waals surface area contributed by atoms with E-state index in [1.165, 1.54) is 36.3 Å². The van der Waals surface area contributed by atoms with E-state index in [-0.39, 0.29) is 94.5 Å². The average Bonchev–Trinajstić information content (AvgIpc) is 3.22. The first-order valence-corrected chi connectivity index (χ1v) is 27.5. The number of rotatable bonds is 26. The van der Waals surface area contributed by atoms with Gasteiger partial charge in [-0.2, -0.15) is 0 Å². The number of pyridine rings is 1. The van der Waals surface area contributed by atoms with E-state index in [2.05, 4.69) is 55.7 Å². The fourth-order valence-corrected chi connectivity index (χ4v) is 8.08. The first-order valence-electron chi connectivity index (χ1n) is 26.6. The van der Waals surface area contributed by atoms with Gasteiger partial charge in [-0.25, -0.2) is 0 Å². The van der Waals surface area contributed by atoms with E-state index >= 15 is 0 Å². The number of nitrogens with zero attached hydrogens (tertiary/aromatic N) is 7. The number of aliphatic hydroxyl groups excluding tert-OH is 5. The Bertz CT molecular complexity index is 2700. The van der Waals surface area contributed by atoms with Crippen molar-refractivity contribution in [2.45, 2.75) is 94.5 Å². The molecule has 3 atom stereocenters. The molecule has 2 aliphatic rings. The van der Waals surface area contributed by atoms with Crippen LogP contribution in [0.15, 0.2) is 46.6 Å². The summed E-state index contributed by atoms with van der Waals surface area (Å²) in [5.41, 5.74) is 9.38. The average molecular weight is 1300 g/mol. The molecule has 1 saturated heterocycles. The number of aliphatic imine (C=N–C) groups is 1. The molecule has 34 nitrogen and oxygen atoms in total. The maximum absolute atomic E-state index is 14.0. The summed E-state index contributed by atoms with van der Waals surface area (Å²) < 4.78 is 8.61. The number of hydrogen-bond donors (Lipinski definition) is 16. The third-order valence-corrected chi connectivity index (χ3v) is 13.1. The summed E-state index contributed by atoms with van der Waals surface area (Å²) in [6.45, 7) is 0.170. The zero-order valence-corrected chi connectivity index (χ0v) is 49.5. The quantitative estimate of drug-likeness (QED) is 0.0139. The molecule has 86 heavy (non-hydrogen) atoms. The molecule has 0 spiro atoms. The Labute approximate surface area is 504 Å². The molecule has 18 N–H and O–H groups in total. The molecular formula is C51H77N15O19Tc. The normalized spacial score (nSPS) is 17.4. The monoisotopic (exact) mass is 1300 g/mol. The van der Waals surface area contributed by atoms with Gasteiger partial charge in [0.15, 0.2) is 5.96 Å². The van der Waals surface area contributed by atoms with E-state index in [0.717, 1.165) is 4.90 Å². The molecular weight excluding hydrogens is 1220 g/mol. The summed E-state index contributed by atoms with van der Waals surface area (Å²) in [5.74, 6) is -8.30. The van der Waals surface area contributed by atoms with Gasteiger partial charge in [-0.1, -0.05) is 19.4 Å². The van der Waals surface area contributed by atoms with Crippen LogP contribution in [0.5, 0.6) is 0 Å². The van der Waals surface area contributed by atoms with Gasteiger partial charge in [0, 0.05) is 57.6 Å². The molecule has 0 saturated carbocycles. The summed E-state index contributed by atoms with van der Waals surface area (Å²) in [7, 11) is 1.38. The smallest absolute Gasteiger partial charge is 0.317 e. The van der Waals surface area contributed by atoms with Crippen molar-refractivity contribution in [3.05, 3.63) is 58.5 Å². The van der Waals surface area contributed by atoms with Crippen LogP contribution in [-0.2, 0) is 68.4 Å². The number of anilines is 1. The van der Waals surface area contributed by atoms with Crippen molar-refractivity contribution in [1.82, 2.24) is 44.8 Å². The minimum Gasteiger partial charge on any atom is -0.642 e. The van der Waals surface area contributed by atoms with Gasteiger partial charge in [0.2, 0.25) is 29.5 Å². The van der Waals surface area contributed by atoms with Crippen molar-refractivity contribution in [3.8, 4) is 0 Å². The second-order valence-corrected chi connectivity index (χ2v) is 20.3. The first-order chi connectivity index (χ1) is 40.7. The number of carbonyl (C=O) groups excluding carboxylic acids is 7. The fourth-order valence-electron chi connectivity index (χ4n) is 7.89. The Kier molecular flexibility index (Phi) is 33.1. The Balaban J connectivity index is 0.000000826. The van der Waals surface area contributed by atoms with Crippen LogP contribution in [0.1, 0.15) is 85.1 Å². The molecule has 0 aliphatic carbocycles. The number of fused-ring (bicyclic) bond motifs is 2. The summed E-state index contributed by atoms with van der Waals surface area (Å²) >= 11 is 1.72. The van der Waals surface area contributed by atoms with Crippen LogP contribution in [0.25, 0.3) is 5.32 Å². The predicted octanol–water partition coefficient (Wildman–Crippen LogP) is -4.52. The van der Waals surface area contributed by atoms with Crippen LogP contribution in [0, 0.1) is 5.92 Å². The van der Waals surface area contributed by atoms with Gasteiger partial charge in [0.1, 0.15) is 24.9 Å². The Morgan fingerprint density at radius 3 is 2.14 bits per heavy atom. The number of nitrogens with two attached hydrogens (primary N) is 2. The molecule has 7 amide bonds. The van der Waals surface area contributed by atoms with E-state index in [1.54, 1.807) is 44.7 Å². The molecule has 1 aromatic heterocycles. The Hall–Kier alpha value is -7.82. The third kappa shape index (κ3) is 25.8. The number of carboxylic acids is 3. The Morgan fingerprint density at radius 1 is 0.895 bits per heavy atom. The number of carboxylic acid groups (broad SMARTS) is 3. The van der Waals surface area contributed by atoms with Gasteiger partial charge >= 0.3 is 116 Å². The van der Waals surface area contributed by atoms with Crippen molar-refractivity contribution in [3.63, 3.8) is 0 Å². The van der Waals surface area contributed by atoms with Gasteiger partial charge in [0.25, 0.3) is 11.9 Å². The SMILES string of the molecule is CC(C)C1NC(=O)c2cc(cc(NC(=O)CCCCCNC(=O)c3ccc(N=[N+]=[Tc])nc3)c2)CNC(=O)[C@H](CC(=O)O)NC(=O)CNC(=O)[C@H](CCCN=C(N)N)N(C)C1=O.O=C(O)CN1COCC1(CO)CO.O=C(O)C[N-]C(CO)(CO)CO. The standard InChI is InChI=1S/C38H52N13O9.C7H13NO5.C6H12NO5.Tc/c1-21(2)32-37(60)51(3)27(8-7-13-43-38(39)40)36(59)46-20-30(53)48-26(17-31(54)55)35(58)45-18-22-14-24(34(57)49-32)16-25(15-22)47-29(52)9-5-4-6-12-42-33(56)23-10-11-28(50-41)44-19-23;9-2-7(3-10)4-13-5-8(7)1-6(11)12;8-2-6(3-9,4-10)7-1-5(11)12;/h10-11,14-16,19,21,26-27,32H,4-9,12-13,17-18,20H2,1-3H3,(H,42,56)(H,45,58)(H,46,59)(H,47,52)(H,48,53)(H,49,57)(H,54,55)(H4,39,40,43);9-10H,1-5H2,(H,11,12);8-10H,1-4H2,(H,11,12);/q-1;;-1;+2/t26-,27-,32?;;;/m0.../s1. The molecule has 1 aromatic carbocycles. The molecule has 3 heterocycles. The molecule has 1 fully saturated rings. The van der Waals surface area contributed by atoms with Gasteiger partial charge in [-0.3, -0.25) is 53.0 Å². The van der Waals surface area contributed by atoms with Gasteiger partial charge in [-0.05, 0) is 49.1 Å². The van der Waals surface area contributed by atoms with E-state index < -0.39 is 122 Å². The van der Waals surface area contributed by atoms with Gasteiger partial charge < -0.3 is 93.9 Å². The summed E-state index contributed by atoms with van der Waals surface area (Å²) in [4.78, 5) is 136. The summed E-state index contributed by atoms with van der Waals surface area (Å²) in [5, 5.41) is 93.2. The number of benzene rings is 1. The first kappa shape index (κ1) is 74.3. The van der Waals surface area contributed by atoms with Crippen LogP contribution >= 0.6 is 0 Å². The minimum absolute atomic E-state index is 0.0150. The van der Waals surface area contributed by atoms with Crippen molar-refractivity contribution >= 4 is 76.7 Å². The van der Waals surface area contributed by atoms with Gasteiger partial charge in [0.05, 0.1) is 44.9 Å². The van der Waals surface area contributed by atoms with Crippen molar-refractivity contribution in [2.24, 2.45) is 27.5 Å². The van der Waals surface area contributed by atoms with E-state index in [0.29, 0.717) is 42.8 Å². The number of aliphatic hydroxyl groups is 5. The molecule has 4 rings (SSSR count). The van der Waals surface area contributed by atoms with E-state index in [1.807, 2.05) is 0 Å². The van der Waals surface area contributed by atoms with Crippen LogP contribution < -0.4 is 46.8 Å². The van der Waals surface area contributed by atoms with Crippen LogP contribution in [-0.4, -0.2) is 236 Å². The molecule has 1 unspecified atom stereocenters. The van der Waals surface area contributed by atoms with Crippen LogP contribution in [0.2, 0.25) is 0 Å². The number of likely N-dealkylation sites (N-methyl/N-ethyl adjacent to an activating group) is 1. The zero-order valence-electron chi connectivity index (χ0n) is 47.6. The summed E-state index contributed by atoms with van der Waals surface area (Å²) in [6.07, 6.45) is 2.67. The predicted molar refractivity (Wildman–Crippen MR) is 298 cm³/mol. The topological polar surface area (TPSA) is 538 Å². The molecule has 2 aromatic rings. The van der Waals surface area contributed by atoms with E-state index in [4.69, 9.17) is 51.9 Å². The van der Waals surface area contributed by atoms with Crippen molar-refractivity contribution < 1.29 is 112 Å². The summed E-state index contributed by atoms with van der Waals surface area (Å²) in [6, 6.07) is 3.66. The zero-order chi connectivity index (χ0) is 64.6. The molecule has 0 radical (unpaired) electrons. The number of aliphatic carboxylic acids is 3. The molecule has 2 bridgehead atoms. The third-order valence-electron chi connectivity index (χ3n) is 12.9. The van der Waals surface area contributed by atoms with Crippen LogP contribution in [0.3, 0.4) is 0 Å². The number of unbranched alkanes of at least 4 members (excludes halogenated alkanes) is 2. The number of nitrogens with one attached hydrogen (secondary N) is 6. The van der Waals surface area contributed by atoms with Crippen molar-refractivity contribution in [1.29, 1.82) is 0 Å². The maximum Gasteiger partial charge on any atom is 0.317 e. The number of amides is 7. The largest absolute Gasteiger partial charge is 0.642 e. The fraction of sp³-hybridized carbons (Fsp3) is 0.569. The number of carbonyl (C=O) groups is 10. The van der Waals surface area contributed by atoms with E-state index in [9.17, 15) is 53.1 Å². The molecule has 35 heteroatoms. The van der Waals surface area contributed by atoms with Crippen LogP contribution in [0.4, 0.5) is 11.5 Å². The Morgan fingerprint density at radius 2 is 1.57 bits per heavy atom. The maximum atomic E-state index is 14.0. The number of ether oxygens (including phenoxy) is 1. The second kappa shape index (κ2) is 38.3. The molecule has 477 valence electrons. The minimum atomic E-state index is -1.55. The van der Waals surface area contributed by atoms with Crippen molar-refractivity contribution in [2.75, 3.05) is 91.5 Å². The number of hydrogen-bond acceptors (Lipinski definition) is 20. The van der Waals surface area contributed by atoms with Gasteiger partial charge in [-0.15, -0.1) is 0 Å².